The molecule has 0 spiro atoms. The van der Waals surface area contributed by atoms with Gasteiger partial charge in [-0.05, 0) is 25.8 Å². The Morgan fingerprint density at radius 2 is 2.14 bits per heavy atom. The fourth-order valence-electron chi connectivity index (χ4n) is 1.75. The number of aliphatic hydroxyl groups excluding tert-OH is 1. The van der Waals surface area contributed by atoms with E-state index < -0.39 is 5.97 Å². The third kappa shape index (κ3) is 3.12. The summed E-state index contributed by atoms with van der Waals surface area (Å²) in [7, 11) is 1.87. The Balaban J connectivity index is 2.19. The largest absolute Gasteiger partial charge is 0.478 e. The van der Waals surface area contributed by atoms with Crippen LogP contribution in [0.25, 0.3) is 0 Å². The zero-order valence-electron chi connectivity index (χ0n) is 8.44. The Hall–Kier alpha value is -0.870. The van der Waals surface area contributed by atoms with Gasteiger partial charge >= 0.3 is 5.97 Å². The van der Waals surface area contributed by atoms with Gasteiger partial charge in [0.2, 0.25) is 0 Å². The highest BCUT2D eigenvalue weighted by Gasteiger charge is 2.28. The lowest BCUT2D eigenvalue weighted by Gasteiger charge is -2.34. The first kappa shape index (κ1) is 11.2. The first-order valence-electron chi connectivity index (χ1n) is 4.76. The van der Waals surface area contributed by atoms with Crippen LogP contribution < -0.4 is 0 Å². The SMILES string of the molecule is C=C(CN(C)CC1CC(O)C1)C(=O)O. The van der Waals surface area contributed by atoms with Gasteiger partial charge in [0.1, 0.15) is 0 Å². The minimum Gasteiger partial charge on any atom is -0.478 e. The molecule has 0 bridgehead atoms. The number of carboxylic acid groups (broad SMARTS) is 1. The molecule has 14 heavy (non-hydrogen) atoms. The molecule has 1 rings (SSSR count). The molecule has 0 aromatic carbocycles. The number of aliphatic hydroxyl groups is 1. The number of hydrogen-bond acceptors (Lipinski definition) is 3. The molecule has 0 amide bonds. The predicted octanol–water partition coefficient (Wildman–Crippen LogP) is 0.330. The summed E-state index contributed by atoms with van der Waals surface area (Å²) in [5.74, 6) is -0.429. The van der Waals surface area contributed by atoms with Gasteiger partial charge in [-0.15, -0.1) is 0 Å². The van der Waals surface area contributed by atoms with E-state index in [0.717, 1.165) is 19.4 Å². The van der Waals surface area contributed by atoms with Crippen molar-refractivity contribution in [3.05, 3.63) is 12.2 Å². The van der Waals surface area contributed by atoms with E-state index in [1.165, 1.54) is 0 Å². The average molecular weight is 199 g/mol. The molecule has 4 nitrogen and oxygen atoms in total. The van der Waals surface area contributed by atoms with Gasteiger partial charge in [-0.25, -0.2) is 4.79 Å². The Labute approximate surface area is 83.8 Å². The molecular formula is C10H17NO3. The summed E-state index contributed by atoms with van der Waals surface area (Å²) in [6, 6.07) is 0. The summed E-state index contributed by atoms with van der Waals surface area (Å²) in [4.78, 5) is 12.4. The van der Waals surface area contributed by atoms with Crippen LogP contribution in [0.5, 0.6) is 0 Å². The molecule has 1 saturated carbocycles. The average Bonchev–Trinajstić information content (AvgIpc) is 2.01. The summed E-state index contributed by atoms with van der Waals surface area (Å²) < 4.78 is 0. The first-order chi connectivity index (χ1) is 6.49. The van der Waals surface area contributed by atoms with Gasteiger partial charge < -0.3 is 15.1 Å². The maximum absolute atomic E-state index is 10.5. The van der Waals surface area contributed by atoms with Crippen LogP contribution in [0.4, 0.5) is 0 Å². The van der Waals surface area contributed by atoms with Crippen LogP contribution in [0.3, 0.4) is 0 Å². The van der Waals surface area contributed by atoms with Gasteiger partial charge in [-0.2, -0.15) is 0 Å². The van der Waals surface area contributed by atoms with Crippen LogP contribution in [0.15, 0.2) is 12.2 Å². The van der Waals surface area contributed by atoms with Crippen molar-refractivity contribution in [2.75, 3.05) is 20.1 Å². The molecule has 0 atom stereocenters. The molecule has 0 aromatic heterocycles. The number of likely N-dealkylation sites (N-methyl/N-ethyl adjacent to an activating group) is 1. The molecule has 0 aromatic rings. The second-order valence-electron chi connectivity index (χ2n) is 4.10. The van der Waals surface area contributed by atoms with Crippen LogP contribution in [0.2, 0.25) is 0 Å². The van der Waals surface area contributed by atoms with Crippen molar-refractivity contribution in [1.82, 2.24) is 4.90 Å². The maximum atomic E-state index is 10.5. The Morgan fingerprint density at radius 1 is 1.57 bits per heavy atom. The molecule has 0 aliphatic heterocycles. The van der Waals surface area contributed by atoms with Crippen LogP contribution in [0, 0.1) is 5.92 Å². The number of carboxylic acids is 1. The lowest BCUT2D eigenvalue weighted by atomic mass is 9.82. The number of carbonyl (C=O) groups is 1. The first-order valence-corrected chi connectivity index (χ1v) is 4.76. The molecule has 1 aliphatic carbocycles. The highest BCUT2D eigenvalue weighted by atomic mass is 16.4. The number of nitrogens with zero attached hydrogens (tertiary/aromatic N) is 1. The Morgan fingerprint density at radius 3 is 2.57 bits per heavy atom. The van der Waals surface area contributed by atoms with E-state index in [-0.39, 0.29) is 11.7 Å². The highest BCUT2D eigenvalue weighted by Crippen LogP contribution is 2.27. The summed E-state index contributed by atoms with van der Waals surface area (Å²) in [6.07, 6.45) is 1.53. The fourth-order valence-corrected chi connectivity index (χ4v) is 1.75. The second-order valence-corrected chi connectivity index (χ2v) is 4.10. The van der Waals surface area contributed by atoms with E-state index in [9.17, 15) is 4.79 Å². The van der Waals surface area contributed by atoms with Crippen molar-refractivity contribution in [1.29, 1.82) is 0 Å². The second kappa shape index (κ2) is 4.57. The van der Waals surface area contributed by atoms with Gasteiger partial charge in [-0.3, -0.25) is 0 Å². The van der Waals surface area contributed by atoms with E-state index in [1.54, 1.807) is 0 Å². The molecule has 0 unspecified atom stereocenters. The minimum atomic E-state index is -0.939. The third-order valence-electron chi connectivity index (χ3n) is 2.54. The lowest BCUT2D eigenvalue weighted by molar-refractivity contribution is -0.132. The van der Waals surface area contributed by atoms with Crippen molar-refractivity contribution < 1.29 is 15.0 Å². The van der Waals surface area contributed by atoms with Crippen molar-refractivity contribution in [2.45, 2.75) is 18.9 Å². The van der Waals surface area contributed by atoms with Crippen molar-refractivity contribution in [3.63, 3.8) is 0 Å². The molecule has 0 radical (unpaired) electrons. The van der Waals surface area contributed by atoms with Crippen molar-refractivity contribution >= 4 is 5.97 Å². The Bertz CT molecular complexity index is 234. The molecule has 2 N–H and O–H groups in total. The van der Waals surface area contributed by atoms with Gasteiger partial charge in [0.25, 0.3) is 0 Å². The summed E-state index contributed by atoms with van der Waals surface area (Å²) >= 11 is 0. The summed E-state index contributed by atoms with van der Waals surface area (Å²) in [5, 5.41) is 17.7. The van der Waals surface area contributed by atoms with Gasteiger partial charge in [0, 0.05) is 18.7 Å². The topological polar surface area (TPSA) is 60.8 Å². The smallest absolute Gasteiger partial charge is 0.332 e. The zero-order valence-corrected chi connectivity index (χ0v) is 8.44. The molecule has 1 aliphatic rings. The number of aliphatic carboxylic acids is 1. The summed E-state index contributed by atoms with van der Waals surface area (Å²) in [6.45, 7) is 4.70. The maximum Gasteiger partial charge on any atom is 0.332 e. The lowest BCUT2D eigenvalue weighted by Crippen LogP contribution is -2.38. The van der Waals surface area contributed by atoms with Crippen molar-refractivity contribution in [3.8, 4) is 0 Å². The number of hydrogen-bond donors (Lipinski definition) is 2. The van der Waals surface area contributed by atoms with Gasteiger partial charge in [0.05, 0.1) is 6.10 Å². The van der Waals surface area contributed by atoms with Gasteiger partial charge in [0.15, 0.2) is 0 Å². The molecule has 1 fully saturated rings. The van der Waals surface area contributed by atoms with E-state index >= 15 is 0 Å². The minimum absolute atomic E-state index is 0.143. The third-order valence-corrected chi connectivity index (χ3v) is 2.54. The van der Waals surface area contributed by atoms with E-state index in [1.807, 2.05) is 11.9 Å². The predicted molar refractivity (Wildman–Crippen MR) is 53.0 cm³/mol. The van der Waals surface area contributed by atoms with Crippen LogP contribution in [0.1, 0.15) is 12.8 Å². The zero-order chi connectivity index (χ0) is 10.7. The van der Waals surface area contributed by atoms with Crippen LogP contribution >= 0.6 is 0 Å². The normalized spacial score (nSPS) is 25.9. The molecule has 4 heteroatoms. The summed E-state index contributed by atoms with van der Waals surface area (Å²) in [5.41, 5.74) is 0.215. The van der Waals surface area contributed by atoms with E-state index in [2.05, 4.69) is 6.58 Å². The Kier molecular flexibility index (Phi) is 3.66. The standard InChI is InChI=1S/C10H17NO3/c1-7(10(13)14)5-11(2)6-8-3-9(12)4-8/h8-9,12H,1,3-6H2,2H3,(H,13,14). The van der Waals surface area contributed by atoms with E-state index in [0.29, 0.717) is 12.5 Å². The molecule has 80 valence electrons. The molecular weight excluding hydrogens is 182 g/mol. The quantitative estimate of drug-likeness (QED) is 0.626. The van der Waals surface area contributed by atoms with Crippen LogP contribution in [-0.2, 0) is 4.79 Å². The van der Waals surface area contributed by atoms with Crippen molar-refractivity contribution in [2.24, 2.45) is 5.92 Å². The highest BCUT2D eigenvalue weighted by molar-refractivity contribution is 5.86. The van der Waals surface area contributed by atoms with Gasteiger partial charge in [-0.1, -0.05) is 6.58 Å². The monoisotopic (exact) mass is 199 g/mol. The molecule has 0 heterocycles. The molecule has 0 saturated heterocycles. The van der Waals surface area contributed by atoms with Crippen LogP contribution in [-0.4, -0.2) is 47.3 Å². The number of rotatable bonds is 5. The van der Waals surface area contributed by atoms with E-state index in [4.69, 9.17) is 10.2 Å². The fraction of sp³-hybridized carbons (Fsp3) is 0.700.